The summed E-state index contributed by atoms with van der Waals surface area (Å²) in [6.07, 6.45) is 2.89. The Balaban J connectivity index is 1.58. The highest BCUT2D eigenvalue weighted by atomic mass is 16.1. The zero-order valence-corrected chi connectivity index (χ0v) is 14.1. The van der Waals surface area contributed by atoms with Crippen LogP contribution in [-0.2, 0) is 18.4 Å². The molecule has 0 aliphatic carbocycles. The molecule has 0 saturated carbocycles. The maximum atomic E-state index is 12.0. The summed E-state index contributed by atoms with van der Waals surface area (Å²) in [4.78, 5) is 19.2. The third-order valence-corrected chi connectivity index (χ3v) is 4.75. The van der Waals surface area contributed by atoms with E-state index in [9.17, 15) is 4.79 Å². The van der Waals surface area contributed by atoms with Crippen LogP contribution in [0.4, 0.5) is 0 Å². The molecule has 2 aromatic rings. The van der Waals surface area contributed by atoms with E-state index in [0.717, 1.165) is 56.8 Å². The predicted octanol–water partition coefficient (Wildman–Crippen LogP) is 2.31. The molecule has 1 amide bonds. The van der Waals surface area contributed by atoms with Crippen molar-refractivity contribution in [2.45, 2.75) is 32.7 Å². The van der Waals surface area contributed by atoms with Crippen LogP contribution >= 0.6 is 0 Å². The molecule has 1 aliphatic rings. The Morgan fingerprint density at radius 1 is 1.30 bits per heavy atom. The van der Waals surface area contributed by atoms with Crippen LogP contribution in [0.2, 0.25) is 0 Å². The van der Waals surface area contributed by atoms with Gasteiger partial charge in [-0.25, -0.2) is 4.98 Å². The van der Waals surface area contributed by atoms with Crippen molar-refractivity contribution in [1.29, 1.82) is 0 Å². The van der Waals surface area contributed by atoms with Gasteiger partial charge in [0.1, 0.15) is 5.82 Å². The number of benzene rings is 1. The zero-order chi connectivity index (χ0) is 16.2. The summed E-state index contributed by atoms with van der Waals surface area (Å²) in [5.41, 5.74) is 2.23. The highest BCUT2D eigenvalue weighted by Gasteiger charge is 2.25. The van der Waals surface area contributed by atoms with Gasteiger partial charge in [-0.05, 0) is 44.5 Å². The molecule has 3 rings (SSSR count). The number of hydrogen-bond acceptors (Lipinski definition) is 3. The number of amides is 1. The monoisotopic (exact) mass is 314 g/mol. The highest BCUT2D eigenvalue weighted by molar-refractivity contribution is 5.78. The molecule has 23 heavy (non-hydrogen) atoms. The third-order valence-electron chi connectivity index (χ3n) is 4.75. The van der Waals surface area contributed by atoms with Crippen LogP contribution in [-0.4, -0.2) is 40.0 Å². The first-order valence-electron chi connectivity index (χ1n) is 8.59. The molecule has 2 heterocycles. The zero-order valence-electron chi connectivity index (χ0n) is 14.1. The molecule has 0 unspecified atom stereocenters. The van der Waals surface area contributed by atoms with E-state index >= 15 is 0 Å². The van der Waals surface area contributed by atoms with Crippen LogP contribution < -0.4 is 5.32 Å². The van der Waals surface area contributed by atoms with E-state index < -0.39 is 0 Å². The average molecular weight is 314 g/mol. The number of imidazole rings is 1. The second kappa shape index (κ2) is 7.13. The van der Waals surface area contributed by atoms with E-state index in [0.29, 0.717) is 0 Å². The summed E-state index contributed by atoms with van der Waals surface area (Å²) < 4.78 is 2.18. The number of para-hydroxylation sites is 2. The lowest BCUT2D eigenvalue weighted by Gasteiger charge is -2.30. The van der Waals surface area contributed by atoms with Gasteiger partial charge >= 0.3 is 0 Å². The number of piperidine rings is 1. The first-order chi connectivity index (χ1) is 11.2. The summed E-state index contributed by atoms with van der Waals surface area (Å²) in [5, 5.41) is 3.02. The van der Waals surface area contributed by atoms with Crippen LogP contribution in [0.25, 0.3) is 11.0 Å². The van der Waals surface area contributed by atoms with Crippen molar-refractivity contribution in [3.8, 4) is 0 Å². The van der Waals surface area contributed by atoms with E-state index in [4.69, 9.17) is 4.98 Å². The van der Waals surface area contributed by atoms with Crippen molar-refractivity contribution < 1.29 is 4.79 Å². The molecule has 0 spiro atoms. The summed E-state index contributed by atoms with van der Waals surface area (Å²) in [5.74, 6) is 1.51. The van der Waals surface area contributed by atoms with Crippen LogP contribution in [0.1, 0.15) is 32.0 Å². The molecule has 1 aliphatic heterocycles. The third kappa shape index (κ3) is 3.55. The van der Waals surface area contributed by atoms with Gasteiger partial charge in [0.2, 0.25) is 5.91 Å². The number of aryl methyl sites for hydroxylation is 1. The van der Waals surface area contributed by atoms with E-state index in [-0.39, 0.29) is 11.8 Å². The van der Waals surface area contributed by atoms with E-state index in [1.165, 1.54) is 5.52 Å². The van der Waals surface area contributed by atoms with E-state index in [2.05, 4.69) is 40.9 Å². The normalized spacial score (nSPS) is 16.8. The summed E-state index contributed by atoms with van der Waals surface area (Å²) in [6.45, 7) is 5.66. The number of rotatable bonds is 5. The molecule has 0 atom stereocenters. The smallest absolute Gasteiger partial charge is 0.223 e. The van der Waals surface area contributed by atoms with Gasteiger partial charge < -0.3 is 9.88 Å². The maximum absolute atomic E-state index is 12.0. The van der Waals surface area contributed by atoms with Crippen LogP contribution in [0.5, 0.6) is 0 Å². The summed E-state index contributed by atoms with van der Waals surface area (Å²) >= 11 is 0. The molecule has 0 radical (unpaired) electrons. The predicted molar refractivity (Wildman–Crippen MR) is 92.0 cm³/mol. The first-order valence-corrected chi connectivity index (χ1v) is 8.59. The Kier molecular flexibility index (Phi) is 4.96. The van der Waals surface area contributed by atoms with Gasteiger partial charge in [0, 0.05) is 19.5 Å². The second-order valence-electron chi connectivity index (χ2n) is 6.42. The van der Waals surface area contributed by atoms with Crippen molar-refractivity contribution in [3.63, 3.8) is 0 Å². The minimum absolute atomic E-state index is 0.179. The lowest BCUT2D eigenvalue weighted by Crippen LogP contribution is -2.40. The molecule has 1 aromatic carbocycles. The minimum Gasteiger partial charge on any atom is -0.356 e. The molecular formula is C18H26N4O. The maximum Gasteiger partial charge on any atom is 0.223 e. The number of hydrogen-bond donors (Lipinski definition) is 1. The molecule has 1 saturated heterocycles. The number of carbonyl (C=O) groups is 1. The number of fused-ring (bicyclic) bond motifs is 1. The lowest BCUT2D eigenvalue weighted by molar-refractivity contribution is -0.126. The van der Waals surface area contributed by atoms with Crippen LogP contribution in [0.15, 0.2) is 24.3 Å². The Hall–Kier alpha value is -1.88. The minimum atomic E-state index is 0.179. The molecule has 5 heteroatoms. The van der Waals surface area contributed by atoms with Crippen molar-refractivity contribution in [2.75, 3.05) is 19.6 Å². The number of carbonyl (C=O) groups excluding carboxylic acids is 1. The summed E-state index contributed by atoms with van der Waals surface area (Å²) in [7, 11) is 2.08. The Bertz CT molecular complexity index is 671. The number of nitrogens with one attached hydrogen (secondary N) is 1. The standard InChI is InChI=1S/C18H26N4O/c1-3-10-19-18(23)14-8-11-22(12-9-14)13-17-20-15-6-4-5-7-16(15)21(17)2/h4-7,14H,3,8-13H2,1-2H3,(H,19,23). The molecule has 1 fully saturated rings. The van der Waals surface area contributed by atoms with Gasteiger partial charge in [0.15, 0.2) is 0 Å². The second-order valence-corrected chi connectivity index (χ2v) is 6.42. The largest absolute Gasteiger partial charge is 0.356 e. The average Bonchev–Trinajstić information content (AvgIpc) is 2.90. The fourth-order valence-corrected chi connectivity index (χ4v) is 3.28. The van der Waals surface area contributed by atoms with Crippen molar-refractivity contribution in [2.24, 2.45) is 13.0 Å². The van der Waals surface area contributed by atoms with Gasteiger partial charge in [-0.1, -0.05) is 19.1 Å². The van der Waals surface area contributed by atoms with Gasteiger partial charge in [0.05, 0.1) is 17.6 Å². The van der Waals surface area contributed by atoms with Gasteiger partial charge in [-0.15, -0.1) is 0 Å². The Morgan fingerprint density at radius 3 is 2.74 bits per heavy atom. The quantitative estimate of drug-likeness (QED) is 0.921. The Labute approximate surface area is 137 Å². The SMILES string of the molecule is CCCNC(=O)C1CCN(Cc2nc3ccccc3n2C)CC1. The van der Waals surface area contributed by atoms with Crippen LogP contribution in [0, 0.1) is 5.92 Å². The van der Waals surface area contributed by atoms with E-state index in [1.54, 1.807) is 0 Å². The van der Waals surface area contributed by atoms with Crippen LogP contribution in [0.3, 0.4) is 0 Å². The molecular weight excluding hydrogens is 288 g/mol. The van der Waals surface area contributed by atoms with Crippen molar-refractivity contribution >= 4 is 16.9 Å². The van der Waals surface area contributed by atoms with Crippen molar-refractivity contribution in [1.82, 2.24) is 19.8 Å². The number of nitrogens with zero attached hydrogens (tertiary/aromatic N) is 3. The molecule has 124 valence electrons. The van der Waals surface area contributed by atoms with Gasteiger partial charge in [0.25, 0.3) is 0 Å². The molecule has 1 N–H and O–H groups in total. The topological polar surface area (TPSA) is 50.2 Å². The summed E-state index contributed by atoms with van der Waals surface area (Å²) in [6, 6.07) is 8.24. The fourth-order valence-electron chi connectivity index (χ4n) is 3.28. The highest BCUT2D eigenvalue weighted by Crippen LogP contribution is 2.21. The van der Waals surface area contributed by atoms with E-state index in [1.807, 2.05) is 12.1 Å². The fraction of sp³-hybridized carbons (Fsp3) is 0.556. The number of aromatic nitrogens is 2. The Morgan fingerprint density at radius 2 is 2.04 bits per heavy atom. The molecule has 1 aromatic heterocycles. The van der Waals surface area contributed by atoms with Crippen molar-refractivity contribution in [3.05, 3.63) is 30.1 Å². The van der Waals surface area contributed by atoms with Gasteiger partial charge in [-0.3, -0.25) is 9.69 Å². The lowest BCUT2D eigenvalue weighted by atomic mass is 9.96. The van der Waals surface area contributed by atoms with Gasteiger partial charge in [-0.2, -0.15) is 0 Å². The number of likely N-dealkylation sites (tertiary alicyclic amines) is 1. The molecule has 5 nitrogen and oxygen atoms in total. The molecule has 0 bridgehead atoms. The first kappa shape index (κ1) is 16.0.